The molecule has 1 amide bonds. The molecule has 8 heteroatoms. The van der Waals surface area contributed by atoms with Crippen LogP contribution in [-0.4, -0.2) is 62.0 Å². The maximum absolute atomic E-state index is 12.6. The van der Waals surface area contributed by atoms with Crippen molar-refractivity contribution in [3.05, 3.63) is 29.3 Å². The van der Waals surface area contributed by atoms with Crippen molar-refractivity contribution >= 4 is 21.7 Å². The van der Waals surface area contributed by atoms with Crippen LogP contribution < -0.4 is 4.74 Å². The molecule has 0 unspecified atom stereocenters. The Bertz CT molecular complexity index is 820. The highest BCUT2D eigenvalue weighted by Crippen LogP contribution is 2.22. The van der Waals surface area contributed by atoms with Gasteiger partial charge in [-0.05, 0) is 50.8 Å². The lowest BCUT2D eigenvalue weighted by Crippen LogP contribution is -2.48. The van der Waals surface area contributed by atoms with E-state index >= 15 is 0 Å². The number of benzene rings is 1. The Morgan fingerprint density at radius 2 is 1.96 bits per heavy atom. The Morgan fingerprint density at radius 3 is 2.57 bits per heavy atom. The molecule has 1 aromatic carbocycles. The van der Waals surface area contributed by atoms with Crippen LogP contribution in [-0.2, 0) is 24.2 Å². The lowest BCUT2D eigenvalue weighted by molar-refractivity contribution is -0.155. The molecule has 0 spiro atoms. The third-order valence-corrected chi connectivity index (χ3v) is 6.96. The number of carbonyl (C=O) groups excluding carboxylic acids is 2. The monoisotopic (exact) mass is 411 g/mol. The number of sulfone groups is 1. The van der Waals surface area contributed by atoms with Gasteiger partial charge in [-0.1, -0.05) is 19.1 Å². The summed E-state index contributed by atoms with van der Waals surface area (Å²) in [5.41, 5.74) is 1.99. The maximum Gasteiger partial charge on any atom is 0.344 e. The second kappa shape index (κ2) is 9.41. The molecule has 1 aromatic rings. The van der Waals surface area contributed by atoms with Gasteiger partial charge in [-0.25, -0.2) is 13.2 Å². The number of aryl methyl sites for hydroxylation is 1. The zero-order valence-electron chi connectivity index (χ0n) is 16.9. The van der Waals surface area contributed by atoms with E-state index in [0.717, 1.165) is 11.1 Å². The van der Waals surface area contributed by atoms with Gasteiger partial charge in [0, 0.05) is 12.1 Å². The van der Waals surface area contributed by atoms with E-state index in [1.54, 1.807) is 11.0 Å². The molecule has 2 atom stereocenters. The zero-order valence-corrected chi connectivity index (χ0v) is 17.8. The molecule has 0 N–H and O–H groups in total. The molecule has 7 nitrogen and oxygen atoms in total. The molecular weight excluding hydrogens is 382 g/mol. The van der Waals surface area contributed by atoms with Crippen molar-refractivity contribution in [1.82, 2.24) is 4.90 Å². The van der Waals surface area contributed by atoms with Crippen molar-refractivity contribution in [2.45, 2.75) is 52.6 Å². The van der Waals surface area contributed by atoms with Crippen molar-refractivity contribution < 1.29 is 27.5 Å². The van der Waals surface area contributed by atoms with Crippen LogP contribution in [0.5, 0.6) is 5.75 Å². The van der Waals surface area contributed by atoms with E-state index in [4.69, 9.17) is 9.47 Å². The summed E-state index contributed by atoms with van der Waals surface area (Å²) in [6.45, 7) is 6.94. The summed E-state index contributed by atoms with van der Waals surface area (Å²) < 4.78 is 34.1. The molecule has 1 saturated heterocycles. The molecule has 1 aliphatic heterocycles. The molecule has 0 aromatic heterocycles. The van der Waals surface area contributed by atoms with Gasteiger partial charge in [-0.15, -0.1) is 0 Å². The number of esters is 1. The molecule has 0 bridgehead atoms. The quantitative estimate of drug-likeness (QED) is 0.608. The van der Waals surface area contributed by atoms with Crippen LogP contribution in [0.25, 0.3) is 0 Å². The average Bonchev–Trinajstić information content (AvgIpc) is 3.00. The largest absolute Gasteiger partial charge is 0.482 e. The van der Waals surface area contributed by atoms with Gasteiger partial charge in [0.2, 0.25) is 0 Å². The second-order valence-corrected chi connectivity index (χ2v) is 9.49. The first kappa shape index (κ1) is 22.2. The molecule has 28 heavy (non-hydrogen) atoms. The lowest BCUT2D eigenvalue weighted by atomic mass is 10.1. The highest BCUT2D eigenvalue weighted by atomic mass is 32.2. The minimum absolute atomic E-state index is 0.0349. The summed E-state index contributed by atoms with van der Waals surface area (Å²) in [7, 11) is -3.12. The van der Waals surface area contributed by atoms with Gasteiger partial charge in [-0.2, -0.15) is 0 Å². The number of hydrogen-bond acceptors (Lipinski definition) is 6. The van der Waals surface area contributed by atoms with Crippen molar-refractivity contribution in [3.63, 3.8) is 0 Å². The number of nitrogens with zero attached hydrogens (tertiary/aromatic N) is 1. The predicted octanol–water partition coefficient (Wildman–Crippen LogP) is 2.04. The van der Waals surface area contributed by atoms with E-state index in [9.17, 15) is 18.0 Å². The normalized spacial score (nSPS) is 19.1. The summed E-state index contributed by atoms with van der Waals surface area (Å²) in [5.74, 6) is -0.372. The van der Waals surface area contributed by atoms with Crippen molar-refractivity contribution in [2.75, 3.05) is 24.7 Å². The highest BCUT2D eigenvalue weighted by molar-refractivity contribution is 7.91. The van der Waals surface area contributed by atoms with Gasteiger partial charge in [-0.3, -0.25) is 4.79 Å². The molecule has 0 saturated carbocycles. The Balaban J connectivity index is 1.91. The summed E-state index contributed by atoms with van der Waals surface area (Å²) in [6, 6.07) is 5.07. The van der Waals surface area contributed by atoms with Gasteiger partial charge >= 0.3 is 5.97 Å². The van der Waals surface area contributed by atoms with E-state index < -0.39 is 22.4 Å². The van der Waals surface area contributed by atoms with E-state index in [2.05, 4.69) is 0 Å². The first-order valence-electron chi connectivity index (χ1n) is 9.50. The lowest BCUT2D eigenvalue weighted by Gasteiger charge is -2.33. The molecule has 1 heterocycles. The minimum atomic E-state index is -3.12. The first-order valence-corrected chi connectivity index (χ1v) is 11.3. The summed E-state index contributed by atoms with van der Waals surface area (Å²) in [6.07, 6.45) is 1.11. The van der Waals surface area contributed by atoms with Gasteiger partial charge in [0.1, 0.15) is 5.75 Å². The fourth-order valence-corrected chi connectivity index (χ4v) is 4.99. The number of carbonyl (C=O) groups is 2. The average molecular weight is 412 g/mol. The number of ether oxygens (including phenoxy) is 2. The van der Waals surface area contributed by atoms with Crippen LogP contribution in [0.4, 0.5) is 0 Å². The SMILES string of the molecule is CC[C@H](C)N(C(=O)COC(=O)COc1cccc(C)c1C)[C@H]1CCS(=O)(=O)C1. The summed E-state index contributed by atoms with van der Waals surface area (Å²) in [5, 5.41) is 0. The van der Waals surface area contributed by atoms with E-state index in [0.29, 0.717) is 18.6 Å². The smallest absolute Gasteiger partial charge is 0.344 e. The Kier molecular flexibility index (Phi) is 7.46. The van der Waals surface area contributed by atoms with Crippen LogP contribution >= 0.6 is 0 Å². The van der Waals surface area contributed by atoms with Gasteiger partial charge in [0.05, 0.1) is 11.5 Å². The molecule has 0 radical (unpaired) electrons. The van der Waals surface area contributed by atoms with E-state index in [1.807, 2.05) is 39.8 Å². The summed E-state index contributed by atoms with van der Waals surface area (Å²) >= 11 is 0. The number of rotatable bonds is 8. The van der Waals surface area contributed by atoms with Crippen LogP contribution in [0.1, 0.15) is 37.8 Å². The van der Waals surface area contributed by atoms with Crippen LogP contribution in [0.2, 0.25) is 0 Å². The third-order valence-electron chi connectivity index (χ3n) is 5.21. The molecule has 1 aliphatic rings. The third kappa shape index (κ3) is 5.70. The molecule has 1 fully saturated rings. The van der Waals surface area contributed by atoms with Crippen molar-refractivity contribution in [1.29, 1.82) is 0 Å². The maximum atomic E-state index is 12.6. The topological polar surface area (TPSA) is 90.0 Å². The van der Waals surface area contributed by atoms with Crippen molar-refractivity contribution in [2.24, 2.45) is 0 Å². The molecular formula is C20H29NO6S. The Hall–Kier alpha value is -2.09. The van der Waals surface area contributed by atoms with Crippen LogP contribution in [0.3, 0.4) is 0 Å². The van der Waals surface area contributed by atoms with Crippen LogP contribution in [0.15, 0.2) is 18.2 Å². The zero-order chi connectivity index (χ0) is 20.9. The standard InChI is InChI=1S/C20H29NO6S/c1-5-15(3)21(17-9-10-28(24,25)13-17)19(22)11-27-20(23)12-26-18-8-6-7-14(2)16(18)4/h6-8,15,17H,5,9-13H2,1-4H3/t15-,17-/m0/s1. The van der Waals surface area contributed by atoms with Gasteiger partial charge < -0.3 is 14.4 Å². The number of hydrogen-bond donors (Lipinski definition) is 0. The van der Waals surface area contributed by atoms with E-state index in [1.165, 1.54) is 0 Å². The van der Waals surface area contributed by atoms with E-state index in [-0.39, 0.29) is 36.1 Å². The molecule has 0 aliphatic carbocycles. The highest BCUT2D eigenvalue weighted by Gasteiger charge is 2.36. The molecule has 156 valence electrons. The minimum Gasteiger partial charge on any atom is -0.482 e. The van der Waals surface area contributed by atoms with Crippen molar-refractivity contribution in [3.8, 4) is 5.75 Å². The Morgan fingerprint density at radius 1 is 1.25 bits per heavy atom. The fourth-order valence-electron chi connectivity index (χ4n) is 3.28. The van der Waals surface area contributed by atoms with Crippen LogP contribution in [0, 0.1) is 13.8 Å². The fraction of sp³-hybridized carbons (Fsp3) is 0.600. The van der Waals surface area contributed by atoms with Gasteiger partial charge in [0.25, 0.3) is 5.91 Å². The summed E-state index contributed by atoms with van der Waals surface area (Å²) in [4.78, 5) is 26.2. The number of amides is 1. The van der Waals surface area contributed by atoms with Gasteiger partial charge in [0.15, 0.2) is 23.1 Å². The first-order chi connectivity index (χ1) is 13.1. The second-order valence-electron chi connectivity index (χ2n) is 7.26. The molecule has 2 rings (SSSR count). The Labute approximate surface area is 166 Å². The predicted molar refractivity (Wildman–Crippen MR) is 106 cm³/mol.